The molecule has 0 saturated carbocycles. The third kappa shape index (κ3) is 6.20. The van der Waals surface area contributed by atoms with E-state index in [9.17, 15) is 4.39 Å². The molecular weight excluding hydrogens is 383 g/mol. The first kappa shape index (κ1) is 21.1. The molecule has 1 heterocycles. The third-order valence-electron chi connectivity index (χ3n) is 4.23. The highest BCUT2D eigenvalue weighted by Gasteiger charge is 2.08. The Morgan fingerprint density at radius 2 is 1.87 bits per heavy atom. The van der Waals surface area contributed by atoms with E-state index in [1.165, 1.54) is 12.1 Å². The number of aromatic nitrogens is 1. The first-order chi connectivity index (χ1) is 14.7. The van der Waals surface area contributed by atoms with Crippen molar-refractivity contribution >= 4 is 5.96 Å². The lowest BCUT2D eigenvalue weighted by Gasteiger charge is -2.14. The Morgan fingerprint density at radius 3 is 2.60 bits per heavy atom. The highest BCUT2D eigenvalue weighted by Crippen LogP contribution is 2.23. The van der Waals surface area contributed by atoms with Gasteiger partial charge in [-0.3, -0.25) is 0 Å². The predicted molar refractivity (Wildman–Crippen MR) is 115 cm³/mol. The van der Waals surface area contributed by atoms with Crippen molar-refractivity contribution < 1.29 is 13.9 Å². The maximum atomic E-state index is 13.4. The summed E-state index contributed by atoms with van der Waals surface area (Å²) in [6.07, 6.45) is 1.64. The van der Waals surface area contributed by atoms with E-state index in [0.717, 1.165) is 23.4 Å². The molecule has 3 rings (SSSR count). The summed E-state index contributed by atoms with van der Waals surface area (Å²) in [5.41, 5.74) is 1.90. The fourth-order valence-electron chi connectivity index (χ4n) is 2.71. The van der Waals surface area contributed by atoms with Gasteiger partial charge < -0.3 is 20.1 Å². The Balaban J connectivity index is 1.66. The van der Waals surface area contributed by atoms with Gasteiger partial charge in [0.2, 0.25) is 5.88 Å². The fraction of sp³-hybridized carbons (Fsp3) is 0.217. The molecular formula is C23H25FN4O2. The van der Waals surface area contributed by atoms with Gasteiger partial charge in [0, 0.05) is 30.9 Å². The summed E-state index contributed by atoms with van der Waals surface area (Å²) in [4.78, 5) is 8.90. The van der Waals surface area contributed by atoms with Crippen molar-refractivity contribution in [1.82, 2.24) is 15.6 Å². The molecule has 2 N–H and O–H groups in total. The molecule has 0 aliphatic rings. The number of rotatable bonds is 8. The van der Waals surface area contributed by atoms with E-state index < -0.39 is 0 Å². The lowest BCUT2D eigenvalue weighted by atomic mass is 10.2. The van der Waals surface area contributed by atoms with E-state index in [1.807, 2.05) is 43.3 Å². The van der Waals surface area contributed by atoms with Crippen LogP contribution in [-0.4, -0.2) is 24.6 Å². The topological polar surface area (TPSA) is 67.8 Å². The number of aliphatic imine (C=N–C) groups is 1. The van der Waals surface area contributed by atoms with Gasteiger partial charge in [-0.15, -0.1) is 0 Å². The molecule has 30 heavy (non-hydrogen) atoms. The second kappa shape index (κ2) is 10.8. The number of pyridine rings is 1. The van der Waals surface area contributed by atoms with Crippen molar-refractivity contribution in [2.24, 2.45) is 4.99 Å². The molecule has 7 heteroatoms. The van der Waals surface area contributed by atoms with Crippen LogP contribution in [0.25, 0.3) is 0 Å². The minimum Gasteiger partial charge on any atom is -0.497 e. The number of nitrogens with zero attached hydrogens (tertiary/aromatic N) is 2. The zero-order chi connectivity index (χ0) is 21.2. The van der Waals surface area contributed by atoms with Crippen molar-refractivity contribution in [2.75, 3.05) is 13.7 Å². The monoisotopic (exact) mass is 408 g/mol. The summed E-state index contributed by atoms with van der Waals surface area (Å²) in [7, 11) is 1.64. The molecule has 0 spiro atoms. The molecule has 0 fully saturated rings. The van der Waals surface area contributed by atoms with Crippen molar-refractivity contribution in [3.8, 4) is 17.4 Å². The van der Waals surface area contributed by atoms with Crippen LogP contribution in [0.1, 0.15) is 18.1 Å². The van der Waals surface area contributed by atoms with Gasteiger partial charge >= 0.3 is 0 Å². The smallest absolute Gasteiger partial charge is 0.224 e. The van der Waals surface area contributed by atoms with Crippen LogP contribution in [-0.2, 0) is 13.1 Å². The second-order valence-corrected chi connectivity index (χ2v) is 6.42. The largest absolute Gasteiger partial charge is 0.497 e. The van der Waals surface area contributed by atoms with Crippen LogP contribution in [0.2, 0.25) is 0 Å². The Kier molecular flexibility index (Phi) is 7.60. The summed E-state index contributed by atoms with van der Waals surface area (Å²) in [6, 6.07) is 17.5. The number of ether oxygens (including phenoxy) is 2. The Labute approximate surface area is 175 Å². The summed E-state index contributed by atoms with van der Waals surface area (Å²) in [5.74, 6) is 1.95. The molecule has 0 bridgehead atoms. The number of guanidine groups is 1. The van der Waals surface area contributed by atoms with Crippen LogP contribution in [0.3, 0.4) is 0 Å². The zero-order valence-electron chi connectivity index (χ0n) is 17.1. The summed E-state index contributed by atoms with van der Waals surface area (Å²) >= 11 is 0. The number of hydrogen-bond acceptors (Lipinski definition) is 4. The molecule has 1 aromatic heterocycles. The molecule has 3 aromatic rings. The van der Waals surface area contributed by atoms with Crippen LogP contribution < -0.4 is 20.1 Å². The number of hydrogen-bond donors (Lipinski definition) is 2. The lowest BCUT2D eigenvalue weighted by molar-refractivity contribution is 0.414. The van der Waals surface area contributed by atoms with Crippen molar-refractivity contribution in [3.05, 3.63) is 83.8 Å². The molecule has 6 nitrogen and oxygen atoms in total. The van der Waals surface area contributed by atoms with Crippen LogP contribution in [0.4, 0.5) is 4.39 Å². The van der Waals surface area contributed by atoms with E-state index in [-0.39, 0.29) is 5.82 Å². The Bertz CT molecular complexity index is 977. The third-order valence-corrected chi connectivity index (χ3v) is 4.23. The zero-order valence-corrected chi connectivity index (χ0v) is 17.1. The minimum atomic E-state index is -0.358. The highest BCUT2D eigenvalue weighted by atomic mass is 19.1. The lowest BCUT2D eigenvalue weighted by Crippen LogP contribution is -2.36. The van der Waals surface area contributed by atoms with Crippen molar-refractivity contribution in [1.29, 1.82) is 0 Å². The fourth-order valence-corrected chi connectivity index (χ4v) is 2.71. The SMILES string of the molecule is CCNC(=NCc1ccc(OC)cc1)NCc1cccnc1Oc1cccc(F)c1. The maximum absolute atomic E-state index is 13.4. The van der Waals surface area contributed by atoms with E-state index >= 15 is 0 Å². The predicted octanol–water partition coefficient (Wildman–Crippen LogP) is 4.28. The van der Waals surface area contributed by atoms with Gasteiger partial charge in [-0.2, -0.15) is 0 Å². The molecule has 0 atom stereocenters. The van der Waals surface area contributed by atoms with E-state index in [1.54, 1.807) is 25.4 Å². The van der Waals surface area contributed by atoms with E-state index in [0.29, 0.717) is 30.7 Å². The van der Waals surface area contributed by atoms with E-state index in [4.69, 9.17) is 9.47 Å². The average molecular weight is 408 g/mol. The van der Waals surface area contributed by atoms with Crippen LogP contribution >= 0.6 is 0 Å². The maximum Gasteiger partial charge on any atom is 0.224 e. The molecule has 0 radical (unpaired) electrons. The average Bonchev–Trinajstić information content (AvgIpc) is 2.77. The minimum absolute atomic E-state index is 0.358. The molecule has 0 aliphatic carbocycles. The first-order valence-corrected chi connectivity index (χ1v) is 9.70. The Hall–Kier alpha value is -3.61. The number of nitrogens with one attached hydrogen (secondary N) is 2. The molecule has 0 amide bonds. The standard InChI is InChI=1S/C23H25FN4O2/c1-3-25-23(27-15-17-9-11-20(29-2)12-10-17)28-16-18-6-5-13-26-22(18)30-21-8-4-7-19(24)14-21/h4-14H,3,15-16H2,1-2H3,(H2,25,27,28). The van der Waals surface area contributed by atoms with Gasteiger partial charge in [-0.05, 0) is 42.8 Å². The van der Waals surface area contributed by atoms with Crippen LogP contribution in [0.5, 0.6) is 17.4 Å². The second-order valence-electron chi connectivity index (χ2n) is 6.42. The quantitative estimate of drug-likeness (QED) is 0.430. The van der Waals surface area contributed by atoms with Gasteiger partial charge in [0.25, 0.3) is 0 Å². The van der Waals surface area contributed by atoms with Crippen LogP contribution in [0.15, 0.2) is 71.9 Å². The molecule has 0 unspecified atom stereocenters. The highest BCUT2D eigenvalue weighted by molar-refractivity contribution is 5.79. The summed E-state index contributed by atoms with van der Waals surface area (Å²) in [5, 5.41) is 6.51. The molecule has 2 aromatic carbocycles. The van der Waals surface area contributed by atoms with Gasteiger partial charge in [0.15, 0.2) is 5.96 Å². The van der Waals surface area contributed by atoms with Gasteiger partial charge in [0.05, 0.1) is 13.7 Å². The number of methoxy groups -OCH3 is 1. The Morgan fingerprint density at radius 1 is 1.03 bits per heavy atom. The van der Waals surface area contributed by atoms with Gasteiger partial charge in [0.1, 0.15) is 17.3 Å². The molecule has 156 valence electrons. The first-order valence-electron chi connectivity index (χ1n) is 9.70. The van der Waals surface area contributed by atoms with Gasteiger partial charge in [-0.25, -0.2) is 14.4 Å². The molecule has 0 saturated heterocycles. The van der Waals surface area contributed by atoms with Gasteiger partial charge in [-0.1, -0.05) is 24.3 Å². The summed E-state index contributed by atoms with van der Waals surface area (Å²) < 4.78 is 24.4. The van der Waals surface area contributed by atoms with Crippen molar-refractivity contribution in [3.63, 3.8) is 0 Å². The molecule has 0 aliphatic heterocycles. The number of benzene rings is 2. The normalized spacial score (nSPS) is 11.1. The number of halogens is 1. The van der Waals surface area contributed by atoms with Crippen LogP contribution in [0, 0.1) is 5.82 Å². The van der Waals surface area contributed by atoms with E-state index in [2.05, 4.69) is 20.6 Å². The van der Waals surface area contributed by atoms with Crippen molar-refractivity contribution in [2.45, 2.75) is 20.0 Å². The summed E-state index contributed by atoms with van der Waals surface area (Å²) in [6.45, 7) is 3.72.